The van der Waals surface area contributed by atoms with E-state index in [0.29, 0.717) is 10.6 Å². The van der Waals surface area contributed by atoms with Crippen LogP contribution in [0.5, 0.6) is 0 Å². The molecule has 2 N–H and O–H groups in total. The van der Waals surface area contributed by atoms with Crippen molar-refractivity contribution in [3.63, 3.8) is 0 Å². The number of carbonyl (C=O) groups excluding carboxylic acids is 1. The first-order valence-corrected chi connectivity index (χ1v) is 9.22. The summed E-state index contributed by atoms with van der Waals surface area (Å²) in [5.41, 5.74) is -0.0870. The van der Waals surface area contributed by atoms with E-state index in [9.17, 15) is 19.1 Å². The summed E-state index contributed by atoms with van der Waals surface area (Å²) in [6.07, 6.45) is 2.24. The molecule has 0 aliphatic carbocycles. The van der Waals surface area contributed by atoms with E-state index in [-0.39, 0.29) is 30.2 Å². The fraction of sp³-hybridized carbons (Fsp3) is 0.200. The number of carbonyl (C=O) groups is 1. The van der Waals surface area contributed by atoms with Crippen molar-refractivity contribution in [3.8, 4) is 16.9 Å². The van der Waals surface area contributed by atoms with E-state index < -0.39 is 23.3 Å². The van der Waals surface area contributed by atoms with Crippen molar-refractivity contribution < 1.29 is 19.0 Å². The molecule has 0 spiro atoms. The minimum atomic E-state index is -0.772. The number of hydrogen-bond acceptors (Lipinski definition) is 6. The Morgan fingerprint density at radius 1 is 1.30 bits per heavy atom. The molecule has 1 atom stereocenters. The third kappa shape index (κ3) is 4.88. The molecule has 0 fully saturated rings. The van der Waals surface area contributed by atoms with E-state index >= 15 is 0 Å². The number of ether oxygens (including phenoxy) is 1. The summed E-state index contributed by atoms with van der Waals surface area (Å²) in [7, 11) is 1.42. The Balaban J connectivity index is 2.14. The monoisotopic (exact) mass is 432 g/mol. The largest absolute Gasteiger partial charge is 0.394 e. The molecule has 3 aromatic rings. The molecule has 0 radical (unpaired) electrons. The molecule has 0 bridgehead atoms. The van der Waals surface area contributed by atoms with Gasteiger partial charge < -0.3 is 15.2 Å². The standard InChI is InChI=1S/C20H18ClFN4O4/c1-30-11-15(10-27)24-19(28)17-7-18(12-2-4-13(21)5-3-12)25-26(20(17)29)16-6-14(22)8-23-9-16/h2-9,15,27H,10-11H2,1H3,(H,24,28)/t15-/m1/s1. The third-order valence-electron chi connectivity index (χ3n) is 4.15. The van der Waals surface area contributed by atoms with Crippen LogP contribution in [0.15, 0.2) is 53.6 Å². The normalized spacial score (nSPS) is 11.9. The zero-order chi connectivity index (χ0) is 21.7. The van der Waals surface area contributed by atoms with Gasteiger partial charge in [0.2, 0.25) is 0 Å². The molecule has 0 aliphatic heterocycles. The van der Waals surface area contributed by atoms with E-state index in [0.717, 1.165) is 16.9 Å². The van der Waals surface area contributed by atoms with Crippen LogP contribution in [-0.4, -0.2) is 52.1 Å². The van der Waals surface area contributed by atoms with E-state index in [1.54, 1.807) is 24.3 Å². The summed E-state index contributed by atoms with van der Waals surface area (Å²) in [5.74, 6) is -1.39. The minimum absolute atomic E-state index is 0.0549. The van der Waals surface area contributed by atoms with Crippen molar-refractivity contribution in [2.75, 3.05) is 20.3 Å². The highest BCUT2D eigenvalue weighted by Gasteiger charge is 2.20. The zero-order valence-electron chi connectivity index (χ0n) is 15.9. The topological polar surface area (TPSA) is 106 Å². The molecule has 1 aromatic carbocycles. The molecule has 2 heterocycles. The molecular weight excluding hydrogens is 415 g/mol. The van der Waals surface area contributed by atoms with Crippen LogP contribution in [0.3, 0.4) is 0 Å². The van der Waals surface area contributed by atoms with Crippen molar-refractivity contribution in [3.05, 3.63) is 75.5 Å². The van der Waals surface area contributed by atoms with E-state index in [2.05, 4.69) is 15.4 Å². The van der Waals surface area contributed by atoms with Crippen LogP contribution < -0.4 is 10.9 Å². The number of halogens is 2. The second-order valence-corrected chi connectivity index (χ2v) is 6.77. The van der Waals surface area contributed by atoms with Gasteiger partial charge in [0.05, 0.1) is 43.0 Å². The van der Waals surface area contributed by atoms with Gasteiger partial charge in [0.1, 0.15) is 11.4 Å². The number of pyridine rings is 1. The molecule has 3 rings (SSSR count). The molecule has 0 aliphatic rings. The Labute approximate surface area is 175 Å². The summed E-state index contributed by atoms with van der Waals surface area (Å²) < 4.78 is 19.5. The van der Waals surface area contributed by atoms with Crippen LogP contribution in [0.1, 0.15) is 10.4 Å². The van der Waals surface area contributed by atoms with Crippen molar-refractivity contribution >= 4 is 17.5 Å². The SMILES string of the molecule is COC[C@@H](CO)NC(=O)c1cc(-c2ccc(Cl)cc2)nn(-c2cncc(F)c2)c1=O. The lowest BCUT2D eigenvalue weighted by Crippen LogP contribution is -2.43. The number of aliphatic hydroxyl groups is 1. The molecule has 2 aromatic heterocycles. The van der Waals surface area contributed by atoms with Crippen LogP contribution in [0.25, 0.3) is 16.9 Å². The van der Waals surface area contributed by atoms with E-state index in [1.165, 1.54) is 19.4 Å². The number of hydrogen-bond donors (Lipinski definition) is 2. The number of methoxy groups -OCH3 is 1. The quantitative estimate of drug-likeness (QED) is 0.590. The predicted molar refractivity (Wildman–Crippen MR) is 108 cm³/mol. The van der Waals surface area contributed by atoms with Gasteiger partial charge in [0.15, 0.2) is 0 Å². The molecule has 0 unspecified atom stereocenters. The fourth-order valence-corrected chi connectivity index (χ4v) is 2.84. The highest BCUT2D eigenvalue weighted by atomic mass is 35.5. The Morgan fingerprint density at radius 2 is 2.03 bits per heavy atom. The van der Waals surface area contributed by atoms with Crippen LogP contribution in [0.4, 0.5) is 4.39 Å². The van der Waals surface area contributed by atoms with Crippen molar-refractivity contribution in [1.82, 2.24) is 20.1 Å². The first-order chi connectivity index (χ1) is 14.4. The van der Waals surface area contributed by atoms with E-state index in [1.807, 2.05) is 0 Å². The Morgan fingerprint density at radius 3 is 2.67 bits per heavy atom. The Bertz CT molecular complexity index is 1100. The lowest BCUT2D eigenvalue weighted by molar-refractivity contribution is 0.0837. The van der Waals surface area contributed by atoms with Crippen LogP contribution in [0, 0.1) is 5.82 Å². The first-order valence-electron chi connectivity index (χ1n) is 8.85. The summed E-state index contributed by atoms with van der Waals surface area (Å²) >= 11 is 5.93. The summed E-state index contributed by atoms with van der Waals surface area (Å²) in [5, 5.41) is 16.7. The predicted octanol–water partition coefficient (Wildman–Crippen LogP) is 1.82. The third-order valence-corrected chi connectivity index (χ3v) is 4.41. The maximum atomic E-state index is 13.7. The lowest BCUT2D eigenvalue weighted by atomic mass is 10.1. The van der Waals surface area contributed by atoms with Crippen LogP contribution in [0.2, 0.25) is 5.02 Å². The molecule has 0 saturated carbocycles. The number of nitrogens with one attached hydrogen (secondary N) is 1. The van der Waals surface area contributed by atoms with Gasteiger partial charge in [-0.05, 0) is 18.2 Å². The number of rotatable bonds is 7. The second kappa shape index (κ2) is 9.57. The average Bonchev–Trinajstić information content (AvgIpc) is 2.74. The van der Waals surface area contributed by atoms with Gasteiger partial charge in [-0.1, -0.05) is 23.7 Å². The molecule has 30 heavy (non-hydrogen) atoms. The number of amides is 1. The number of nitrogens with zero attached hydrogens (tertiary/aromatic N) is 3. The molecule has 1 amide bonds. The zero-order valence-corrected chi connectivity index (χ0v) is 16.6. The van der Waals surface area contributed by atoms with Gasteiger partial charge in [-0.25, -0.2) is 4.39 Å². The van der Waals surface area contributed by atoms with E-state index in [4.69, 9.17) is 16.3 Å². The molecule has 0 saturated heterocycles. The summed E-state index contributed by atoms with van der Waals surface area (Å²) in [4.78, 5) is 29.5. The molecule has 10 heteroatoms. The second-order valence-electron chi connectivity index (χ2n) is 6.34. The lowest BCUT2D eigenvalue weighted by Gasteiger charge is -2.16. The fourth-order valence-electron chi connectivity index (χ4n) is 2.71. The maximum absolute atomic E-state index is 13.7. The number of aromatic nitrogens is 3. The Kier molecular flexibility index (Phi) is 6.88. The average molecular weight is 433 g/mol. The highest BCUT2D eigenvalue weighted by Crippen LogP contribution is 2.20. The number of benzene rings is 1. The van der Waals surface area contributed by atoms with Crippen molar-refractivity contribution in [1.29, 1.82) is 0 Å². The van der Waals surface area contributed by atoms with Gasteiger partial charge in [0.25, 0.3) is 11.5 Å². The smallest absolute Gasteiger partial charge is 0.284 e. The maximum Gasteiger partial charge on any atom is 0.284 e. The van der Waals surface area contributed by atoms with Gasteiger partial charge in [-0.15, -0.1) is 0 Å². The van der Waals surface area contributed by atoms with Crippen molar-refractivity contribution in [2.24, 2.45) is 0 Å². The molecule has 8 nitrogen and oxygen atoms in total. The van der Waals surface area contributed by atoms with Gasteiger partial charge in [0, 0.05) is 23.8 Å². The van der Waals surface area contributed by atoms with Crippen LogP contribution in [-0.2, 0) is 4.74 Å². The summed E-state index contributed by atoms with van der Waals surface area (Å²) in [6, 6.07) is 8.31. The van der Waals surface area contributed by atoms with Crippen molar-refractivity contribution in [2.45, 2.75) is 6.04 Å². The minimum Gasteiger partial charge on any atom is -0.394 e. The first kappa shape index (κ1) is 21.6. The highest BCUT2D eigenvalue weighted by molar-refractivity contribution is 6.30. The van der Waals surface area contributed by atoms with Gasteiger partial charge in [-0.3, -0.25) is 14.6 Å². The van der Waals surface area contributed by atoms with Crippen LogP contribution >= 0.6 is 11.6 Å². The van der Waals surface area contributed by atoms with Gasteiger partial charge in [-0.2, -0.15) is 9.78 Å². The Hall–Kier alpha value is -3.14. The summed E-state index contributed by atoms with van der Waals surface area (Å²) in [6.45, 7) is -0.323. The number of aliphatic hydroxyl groups excluding tert-OH is 1. The molecule has 156 valence electrons. The van der Waals surface area contributed by atoms with Gasteiger partial charge >= 0.3 is 0 Å². The molecular formula is C20H18ClFN4O4.